The molecule has 4 nitrogen and oxygen atoms in total. The molecule has 0 aliphatic heterocycles. The quantitative estimate of drug-likeness (QED) is 0.872. The minimum atomic E-state index is -0.907. The number of amides is 1. The highest BCUT2D eigenvalue weighted by Gasteiger charge is 2.52. The average molecular weight is 309 g/mol. The second kappa shape index (κ2) is 5.66. The van der Waals surface area contributed by atoms with Crippen molar-refractivity contribution in [1.82, 2.24) is 5.32 Å². The van der Waals surface area contributed by atoms with Gasteiger partial charge >= 0.3 is 5.97 Å². The summed E-state index contributed by atoms with van der Waals surface area (Å²) in [6, 6.07) is 2.86. The Morgan fingerprint density at radius 1 is 1.18 bits per heavy atom. The van der Waals surface area contributed by atoms with Crippen LogP contribution in [0.25, 0.3) is 0 Å². The first-order valence-corrected chi connectivity index (χ1v) is 7.35. The van der Waals surface area contributed by atoms with Gasteiger partial charge in [-0.15, -0.1) is 0 Å². The first-order valence-electron chi connectivity index (χ1n) is 7.35. The number of methoxy groups -OCH3 is 1. The molecule has 2 aliphatic rings. The van der Waals surface area contributed by atoms with E-state index in [1.165, 1.54) is 13.2 Å². The third-order valence-corrected chi connectivity index (χ3v) is 4.88. The van der Waals surface area contributed by atoms with Gasteiger partial charge in [-0.25, -0.2) is 8.78 Å². The molecule has 1 amide bonds. The van der Waals surface area contributed by atoms with Gasteiger partial charge in [0.05, 0.1) is 13.0 Å². The minimum absolute atomic E-state index is 0.160. The summed E-state index contributed by atoms with van der Waals surface area (Å²) in [6.07, 6.45) is 2.66. The van der Waals surface area contributed by atoms with Crippen molar-refractivity contribution in [1.29, 1.82) is 0 Å². The van der Waals surface area contributed by atoms with E-state index in [4.69, 9.17) is 4.74 Å². The Kier molecular flexibility index (Phi) is 3.85. The van der Waals surface area contributed by atoms with E-state index < -0.39 is 35.1 Å². The smallest absolute Gasteiger partial charge is 0.311 e. The topological polar surface area (TPSA) is 55.4 Å². The second-order valence-corrected chi connectivity index (χ2v) is 5.98. The standard InChI is InChI=1S/C16H17F2NO3/c1-22-16(21)12-8-5-6-9(7-8)14(12)19-15(20)13-10(17)3-2-4-11(13)18/h2-4,8-9,12,14H,5-7H2,1H3,(H,19,20). The van der Waals surface area contributed by atoms with Gasteiger partial charge < -0.3 is 10.1 Å². The Hall–Kier alpha value is -1.98. The number of carbonyl (C=O) groups excluding carboxylic acids is 2. The van der Waals surface area contributed by atoms with Gasteiger partial charge in [0.25, 0.3) is 5.91 Å². The van der Waals surface area contributed by atoms with Crippen LogP contribution in [-0.4, -0.2) is 25.0 Å². The number of halogens is 2. The Morgan fingerprint density at radius 2 is 1.82 bits per heavy atom. The van der Waals surface area contributed by atoms with E-state index in [1.807, 2.05) is 0 Å². The number of fused-ring (bicyclic) bond motifs is 2. The molecule has 0 aromatic heterocycles. The van der Waals surface area contributed by atoms with E-state index in [-0.39, 0.29) is 17.8 Å². The van der Waals surface area contributed by atoms with E-state index in [9.17, 15) is 18.4 Å². The number of nitrogens with one attached hydrogen (secondary N) is 1. The lowest BCUT2D eigenvalue weighted by molar-refractivity contribution is -0.148. The van der Waals surface area contributed by atoms with Gasteiger partial charge in [0.2, 0.25) is 0 Å². The third kappa shape index (κ3) is 2.36. The van der Waals surface area contributed by atoms with Crippen molar-refractivity contribution < 1.29 is 23.1 Å². The van der Waals surface area contributed by atoms with Crippen LogP contribution >= 0.6 is 0 Å². The van der Waals surface area contributed by atoms with E-state index in [0.717, 1.165) is 31.4 Å². The summed E-state index contributed by atoms with van der Waals surface area (Å²) in [4.78, 5) is 24.2. The number of rotatable bonds is 3. The van der Waals surface area contributed by atoms with Gasteiger partial charge in [-0.3, -0.25) is 9.59 Å². The van der Waals surface area contributed by atoms with Gasteiger partial charge in [-0.1, -0.05) is 6.07 Å². The van der Waals surface area contributed by atoms with Crippen LogP contribution in [0.2, 0.25) is 0 Å². The highest BCUT2D eigenvalue weighted by atomic mass is 19.1. The van der Waals surface area contributed by atoms with Gasteiger partial charge in [0.1, 0.15) is 17.2 Å². The lowest BCUT2D eigenvalue weighted by Crippen LogP contribution is -2.47. The number of benzene rings is 1. The molecule has 118 valence electrons. The van der Waals surface area contributed by atoms with E-state index in [1.54, 1.807) is 0 Å². The Labute approximate surface area is 126 Å². The average Bonchev–Trinajstić information content (AvgIpc) is 3.07. The van der Waals surface area contributed by atoms with Crippen LogP contribution in [0.5, 0.6) is 0 Å². The molecule has 2 saturated carbocycles. The SMILES string of the molecule is COC(=O)C1C2CCC(C2)C1NC(=O)c1c(F)cccc1F. The summed E-state index contributed by atoms with van der Waals surface area (Å²) in [6.45, 7) is 0. The number of ether oxygens (including phenoxy) is 1. The zero-order valence-electron chi connectivity index (χ0n) is 12.1. The molecular formula is C16H17F2NO3. The number of esters is 1. The van der Waals surface area contributed by atoms with Gasteiger partial charge in [-0.05, 0) is 43.2 Å². The van der Waals surface area contributed by atoms with Crippen molar-refractivity contribution in [3.8, 4) is 0 Å². The highest BCUT2D eigenvalue weighted by Crippen LogP contribution is 2.49. The molecule has 3 rings (SSSR count). The molecule has 0 heterocycles. The van der Waals surface area contributed by atoms with Crippen LogP contribution in [0.15, 0.2) is 18.2 Å². The van der Waals surface area contributed by atoms with Crippen LogP contribution in [-0.2, 0) is 9.53 Å². The maximum Gasteiger partial charge on any atom is 0.311 e. The lowest BCUT2D eigenvalue weighted by Gasteiger charge is -2.29. The number of hydrogen-bond donors (Lipinski definition) is 1. The fourth-order valence-electron chi connectivity index (χ4n) is 3.91. The summed E-state index contributed by atoms with van der Waals surface area (Å²) in [5, 5.41) is 2.65. The molecule has 4 atom stereocenters. The van der Waals surface area contributed by atoms with E-state index >= 15 is 0 Å². The molecule has 2 aliphatic carbocycles. The van der Waals surface area contributed by atoms with Gasteiger partial charge in [0.15, 0.2) is 0 Å². The maximum absolute atomic E-state index is 13.7. The molecule has 0 spiro atoms. The van der Waals surface area contributed by atoms with Crippen molar-refractivity contribution in [3.63, 3.8) is 0 Å². The fourth-order valence-corrected chi connectivity index (χ4v) is 3.91. The minimum Gasteiger partial charge on any atom is -0.469 e. The first-order chi connectivity index (χ1) is 10.5. The van der Waals surface area contributed by atoms with Crippen molar-refractivity contribution in [2.24, 2.45) is 17.8 Å². The van der Waals surface area contributed by atoms with E-state index in [2.05, 4.69) is 5.32 Å². The molecule has 1 aromatic carbocycles. The molecule has 4 unspecified atom stereocenters. The molecular weight excluding hydrogens is 292 g/mol. The Morgan fingerprint density at radius 3 is 2.45 bits per heavy atom. The zero-order chi connectivity index (χ0) is 15.9. The molecule has 0 radical (unpaired) electrons. The largest absolute Gasteiger partial charge is 0.469 e. The predicted molar refractivity (Wildman–Crippen MR) is 73.9 cm³/mol. The Bertz CT molecular complexity index is 599. The van der Waals surface area contributed by atoms with E-state index in [0.29, 0.717) is 0 Å². The zero-order valence-corrected chi connectivity index (χ0v) is 12.1. The van der Waals surface area contributed by atoms with Crippen LogP contribution in [0.3, 0.4) is 0 Å². The second-order valence-electron chi connectivity index (χ2n) is 5.98. The highest BCUT2D eigenvalue weighted by molar-refractivity contribution is 5.95. The summed E-state index contributed by atoms with van der Waals surface area (Å²) in [5.41, 5.74) is -0.603. The maximum atomic E-state index is 13.7. The summed E-state index contributed by atoms with van der Waals surface area (Å²) in [7, 11) is 1.31. The van der Waals surface area contributed by atoms with Gasteiger partial charge in [0, 0.05) is 6.04 Å². The summed E-state index contributed by atoms with van der Waals surface area (Å²) in [5.74, 6) is -3.09. The molecule has 1 aromatic rings. The van der Waals surface area contributed by atoms with Crippen LogP contribution in [0.4, 0.5) is 8.78 Å². The molecule has 22 heavy (non-hydrogen) atoms. The van der Waals surface area contributed by atoms with Crippen molar-refractivity contribution in [3.05, 3.63) is 35.4 Å². The monoisotopic (exact) mass is 309 g/mol. The van der Waals surface area contributed by atoms with Crippen molar-refractivity contribution >= 4 is 11.9 Å². The molecule has 2 fully saturated rings. The number of carbonyl (C=O) groups is 2. The van der Waals surface area contributed by atoms with Crippen molar-refractivity contribution in [2.75, 3.05) is 7.11 Å². The van der Waals surface area contributed by atoms with Crippen molar-refractivity contribution in [2.45, 2.75) is 25.3 Å². The Balaban J connectivity index is 1.82. The molecule has 2 bridgehead atoms. The number of hydrogen-bond acceptors (Lipinski definition) is 3. The lowest BCUT2D eigenvalue weighted by atomic mass is 9.84. The molecule has 6 heteroatoms. The summed E-state index contributed by atoms with van der Waals surface area (Å²) < 4.78 is 32.2. The molecule has 1 N–H and O–H groups in total. The predicted octanol–water partition coefficient (Wildman–Crippen LogP) is 2.28. The van der Waals surface area contributed by atoms with Crippen LogP contribution in [0, 0.1) is 29.4 Å². The van der Waals surface area contributed by atoms with Crippen LogP contribution in [0.1, 0.15) is 29.6 Å². The van der Waals surface area contributed by atoms with Gasteiger partial charge in [-0.2, -0.15) is 0 Å². The van der Waals surface area contributed by atoms with Crippen LogP contribution < -0.4 is 5.32 Å². The fraction of sp³-hybridized carbons (Fsp3) is 0.500. The normalized spacial score (nSPS) is 29.4. The third-order valence-electron chi connectivity index (χ3n) is 4.88. The summed E-state index contributed by atoms with van der Waals surface area (Å²) >= 11 is 0. The first kappa shape index (κ1) is 14.9. The molecule has 0 saturated heterocycles.